The SMILES string of the molecule is C[C@H](OC(=O)c1ccc(Br)s1)C(=O)N1CCNC1=O. The number of rotatable bonds is 3. The predicted octanol–water partition coefficient (Wildman–Crippen LogP) is 1.61. The van der Waals surface area contributed by atoms with Crippen molar-refractivity contribution in [3.8, 4) is 0 Å². The van der Waals surface area contributed by atoms with Crippen LogP contribution in [0.15, 0.2) is 15.9 Å². The minimum Gasteiger partial charge on any atom is -0.448 e. The summed E-state index contributed by atoms with van der Waals surface area (Å²) < 4.78 is 5.85. The average molecular weight is 347 g/mol. The normalized spacial score (nSPS) is 16.1. The Kier molecular flexibility index (Phi) is 4.20. The number of nitrogens with zero attached hydrogens (tertiary/aromatic N) is 1. The molecule has 2 heterocycles. The van der Waals surface area contributed by atoms with Crippen molar-refractivity contribution in [2.45, 2.75) is 13.0 Å². The maximum atomic E-state index is 11.9. The minimum atomic E-state index is -0.989. The zero-order valence-corrected chi connectivity index (χ0v) is 12.4. The lowest BCUT2D eigenvalue weighted by molar-refractivity contribution is -0.135. The summed E-state index contributed by atoms with van der Waals surface area (Å²) in [7, 11) is 0. The van der Waals surface area contributed by atoms with Crippen LogP contribution in [0.5, 0.6) is 0 Å². The summed E-state index contributed by atoms with van der Waals surface area (Å²) in [5.74, 6) is -1.09. The predicted molar refractivity (Wildman–Crippen MR) is 72.0 cm³/mol. The first kappa shape index (κ1) is 14.0. The van der Waals surface area contributed by atoms with E-state index in [0.717, 1.165) is 8.69 Å². The number of amides is 3. The van der Waals surface area contributed by atoms with Crippen molar-refractivity contribution < 1.29 is 19.1 Å². The Morgan fingerprint density at radius 3 is 2.79 bits per heavy atom. The summed E-state index contributed by atoms with van der Waals surface area (Å²) in [6.45, 7) is 2.17. The molecule has 2 rings (SSSR count). The van der Waals surface area contributed by atoms with Gasteiger partial charge in [-0.25, -0.2) is 9.59 Å². The van der Waals surface area contributed by atoms with Crippen LogP contribution in [0.2, 0.25) is 0 Å². The summed E-state index contributed by atoms with van der Waals surface area (Å²) in [6.07, 6.45) is -0.989. The third kappa shape index (κ3) is 3.13. The van der Waals surface area contributed by atoms with E-state index in [-0.39, 0.29) is 0 Å². The molecule has 1 fully saturated rings. The van der Waals surface area contributed by atoms with E-state index in [1.54, 1.807) is 12.1 Å². The fourth-order valence-electron chi connectivity index (χ4n) is 1.59. The van der Waals surface area contributed by atoms with Crippen molar-refractivity contribution in [1.82, 2.24) is 10.2 Å². The number of hydrogen-bond acceptors (Lipinski definition) is 5. The Balaban J connectivity index is 1.97. The van der Waals surface area contributed by atoms with Gasteiger partial charge in [0.2, 0.25) is 0 Å². The molecule has 1 aliphatic heterocycles. The van der Waals surface area contributed by atoms with E-state index >= 15 is 0 Å². The first-order chi connectivity index (χ1) is 8.99. The molecule has 1 atom stereocenters. The number of esters is 1. The molecule has 19 heavy (non-hydrogen) atoms. The third-order valence-electron chi connectivity index (χ3n) is 2.53. The molecule has 0 spiro atoms. The van der Waals surface area contributed by atoms with Gasteiger partial charge in [-0.2, -0.15) is 0 Å². The highest BCUT2D eigenvalue weighted by molar-refractivity contribution is 9.11. The third-order valence-corrected chi connectivity index (χ3v) is 4.13. The van der Waals surface area contributed by atoms with Gasteiger partial charge in [-0.15, -0.1) is 11.3 Å². The monoisotopic (exact) mass is 346 g/mol. The Morgan fingerprint density at radius 2 is 2.26 bits per heavy atom. The van der Waals surface area contributed by atoms with E-state index in [4.69, 9.17) is 4.74 Å². The number of nitrogens with one attached hydrogen (secondary N) is 1. The summed E-state index contributed by atoms with van der Waals surface area (Å²) in [5.41, 5.74) is 0. The number of imide groups is 1. The molecule has 1 N–H and O–H groups in total. The molecule has 0 radical (unpaired) electrons. The number of hydrogen-bond donors (Lipinski definition) is 1. The molecule has 0 aromatic carbocycles. The zero-order chi connectivity index (χ0) is 14.0. The average Bonchev–Trinajstić information content (AvgIpc) is 2.97. The summed E-state index contributed by atoms with van der Waals surface area (Å²) in [4.78, 5) is 36.4. The van der Waals surface area contributed by atoms with Crippen molar-refractivity contribution >= 4 is 45.2 Å². The molecule has 1 aliphatic rings. The van der Waals surface area contributed by atoms with Gasteiger partial charge >= 0.3 is 12.0 Å². The van der Waals surface area contributed by atoms with Crippen LogP contribution < -0.4 is 5.32 Å². The van der Waals surface area contributed by atoms with Gasteiger partial charge in [-0.3, -0.25) is 9.69 Å². The van der Waals surface area contributed by atoms with Crippen molar-refractivity contribution in [1.29, 1.82) is 0 Å². The summed E-state index contributed by atoms with van der Waals surface area (Å²) >= 11 is 4.46. The highest BCUT2D eigenvalue weighted by Crippen LogP contribution is 2.23. The molecule has 1 aromatic heterocycles. The second-order valence-electron chi connectivity index (χ2n) is 3.87. The second kappa shape index (κ2) is 5.70. The molecule has 0 saturated carbocycles. The van der Waals surface area contributed by atoms with Gasteiger partial charge < -0.3 is 10.1 Å². The van der Waals surface area contributed by atoms with E-state index in [0.29, 0.717) is 18.0 Å². The fraction of sp³-hybridized carbons (Fsp3) is 0.364. The van der Waals surface area contributed by atoms with E-state index < -0.39 is 24.0 Å². The molecular formula is C11H11BrN2O4S. The number of thiophene rings is 1. The summed E-state index contributed by atoms with van der Waals surface area (Å²) in [6, 6.07) is 2.88. The van der Waals surface area contributed by atoms with Crippen LogP contribution >= 0.6 is 27.3 Å². The largest absolute Gasteiger partial charge is 0.448 e. The number of ether oxygens (including phenoxy) is 1. The molecule has 3 amide bonds. The van der Waals surface area contributed by atoms with Crippen LogP contribution in [-0.4, -0.2) is 42.0 Å². The molecular weight excluding hydrogens is 336 g/mol. The van der Waals surface area contributed by atoms with Crippen LogP contribution in [0.1, 0.15) is 16.6 Å². The van der Waals surface area contributed by atoms with Gasteiger partial charge in [-0.05, 0) is 35.0 Å². The zero-order valence-electron chi connectivity index (χ0n) is 10.0. The maximum absolute atomic E-state index is 11.9. The van der Waals surface area contributed by atoms with Crippen LogP contribution in [0.4, 0.5) is 4.79 Å². The van der Waals surface area contributed by atoms with Crippen LogP contribution in [-0.2, 0) is 9.53 Å². The van der Waals surface area contributed by atoms with Crippen LogP contribution in [0, 0.1) is 0 Å². The van der Waals surface area contributed by atoms with Gasteiger partial charge in [0.05, 0.1) is 3.79 Å². The molecule has 1 aromatic rings. The molecule has 1 saturated heterocycles. The lowest BCUT2D eigenvalue weighted by Gasteiger charge is -2.17. The number of halogens is 1. The summed E-state index contributed by atoms with van der Waals surface area (Å²) in [5, 5.41) is 2.52. The quantitative estimate of drug-likeness (QED) is 0.843. The Morgan fingerprint density at radius 1 is 1.53 bits per heavy atom. The molecule has 8 heteroatoms. The van der Waals surface area contributed by atoms with Crippen molar-refractivity contribution in [3.05, 3.63) is 20.8 Å². The standard InChI is InChI=1S/C11H11BrN2O4S/c1-6(9(15)14-5-4-13-11(14)17)18-10(16)7-2-3-8(12)19-7/h2-3,6H,4-5H2,1H3,(H,13,17)/t6-/m0/s1. The van der Waals surface area contributed by atoms with E-state index in [1.165, 1.54) is 18.3 Å². The van der Waals surface area contributed by atoms with Gasteiger partial charge in [0.15, 0.2) is 6.10 Å². The van der Waals surface area contributed by atoms with E-state index in [9.17, 15) is 14.4 Å². The molecule has 6 nitrogen and oxygen atoms in total. The topological polar surface area (TPSA) is 75.7 Å². The first-order valence-electron chi connectivity index (χ1n) is 5.54. The Hall–Kier alpha value is -1.41. The molecule has 102 valence electrons. The first-order valence-corrected chi connectivity index (χ1v) is 7.15. The molecule has 0 unspecified atom stereocenters. The number of carbonyl (C=O) groups is 3. The Bertz CT molecular complexity index is 531. The Labute approximate surface area is 121 Å². The number of carbonyl (C=O) groups excluding carboxylic acids is 3. The van der Waals surface area contributed by atoms with Crippen molar-refractivity contribution in [3.63, 3.8) is 0 Å². The van der Waals surface area contributed by atoms with Crippen molar-refractivity contribution in [2.24, 2.45) is 0 Å². The van der Waals surface area contributed by atoms with Gasteiger partial charge in [-0.1, -0.05) is 0 Å². The maximum Gasteiger partial charge on any atom is 0.349 e. The highest BCUT2D eigenvalue weighted by atomic mass is 79.9. The van der Waals surface area contributed by atoms with Gasteiger partial charge in [0, 0.05) is 13.1 Å². The lowest BCUT2D eigenvalue weighted by atomic mass is 10.3. The van der Waals surface area contributed by atoms with Crippen molar-refractivity contribution in [2.75, 3.05) is 13.1 Å². The highest BCUT2D eigenvalue weighted by Gasteiger charge is 2.31. The van der Waals surface area contributed by atoms with Crippen LogP contribution in [0.3, 0.4) is 0 Å². The minimum absolute atomic E-state index is 0.296. The second-order valence-corrected chi connectivity index (χ2v) is 6.34. The van der Waals surface area contributed by atoms with Gasteiger partial charge in [0.25, 0.3) is 5.91 Å². The lowest BCUT2D eigenvalue weighted by Crippen LogP contribution is -2.41. The molecule has 0 aliphatic carbocycles. The molecule has 0 bridgehead atoms. The van der Waals surface area contributed by atoms with E-state index in [1.807, 2.05) is 0 Å². The van der Waals surface area contributed by atoms with E-state index in [2.05, 4.69) is 21.2 Å². The number of urea groups is 1. The fourth-order valence-corrected chi connectivity index (χ4v) is 2.86. The smallest absolute Gasteiger partial charge is 0.349 e. The van der Waals surface area contributed by atoms with Gasteiger partial charge in [0.1, 0.15) is 4.88 Å². The van der Waals surface area contributed by atoms with Crippen LogP contribution in [0.25, 0.3) is 0 Å².